The number of carboxylic acid groups (broad SMARTS) is 2. The molecule has 0 amide bonds. The van der Waals surface area contributed by atoms with Gasteiger partial charge >= 0.3 is 40.5 Å². The summed E-state index contributed by atoms with van der Waals surface area (Å²) < 4.78 is 43.3. The van der Waals surface area contributed by atoms with E-state index >= 15 is 0 Å². The number of nitrogens with zero attached hydrogens (tertiary/aromatic N) is 2. The molecule has 0 aliphatic rings. The van der Waals surface area contributed by atoms with Crippen molar-refractivity contribution in [3.63, 3.8) is 0 Å². The first-order valence-electron chi connectivity index (χ1n) is 23.6. The van der Waals surface area contributed by atoms with Crippen molar-refractivity contribution in [2.45, 2.75) is 204 Å². The molecule has 400 valence electrons. The van der Waals surface area contributed by atoms with E-state index in [2.05, 4.69) is 13.8 Å². The number of carbonyl (C=O) groups is 2. The predicted molar refractivity (Wildman–Crippen MR) is 255 cm³/mol. The third-order valence-corrected chi connectivity index (χ3v) is 17.6. The molecule has 0 unspecified atom stereocenters. The lowest BCUT2D eigenvalue weighted by Crippen LogP contribution is -2.48. The Morgan fingerprint density at radius 1 is 0.364 bits per heavy atom. The van der Waals surface area contributed by atoms with E-state index in [0.717, 1.165) is 25.7 Å². The van der Waals surface area contributed by atoms with E-state index in [1.165, 1.54) is 184 Å². The molecule has 0 spiro atoms. The van der Waals surface area contributed by atoms with E-state index in [0.29, 0.717) is 0 Å². The highest BCUT2D eigenvalue weighted by Gasteiger charge is 2.63. The average Bonchev–Trinajstić information content (AvgIpc) is 3.13. The molecule has 20 nitrogen and oxygen atoms in total. The minimum atomic E-state index is -5.33. The normalized spacial score (nSPS) is 12.9. The largest absolute Gasteiger partial charge is 0.550 e. The van der Waals surface area contributed by atoms with Crippen LogP contribution in [-0.4, -0.2) is 136 Å². The van der Waals surface area contributed by atoms with Gasteiger partial charge < -0.3 is 78.1 Å². The van der Waals surface area contributed by atoms with Gasteiger partial charge in [0.25, 0.3) is 0 Å². The zero-order valence-corrected chi connectivity index (χ0v) is 45.2. The number of rotatable bonds is 36. The van der Waals surface area contributed by atoms with Crippen LogP contribution in [0.1, 0.15) is 194 Å². The molecule has 0 aliphatic heterocycles. The summed E-state index contributed by atoms with van der Waals surface area (Å²) in [5, 5.41) is 32.7. The molecule has 24 heteroatoms. The van der Waals surface area contributed by atoms with Crippen LogP contribution in [0.2, 0.25) is 0 Å². The number of hydrogen-bond donors (Lipinski definition) is 10. The van der Waals surface area contributed by atoms with E-state index < -0.39 is 65.6 Å². The van der Waals surface area contributed by atoms with E-state index in [9.17, 15) is 48.3 Å². The fourth-order valence-corrected chi connectivity index (χ4v) is 11.7. The second-order valence-electron chi connectivity index (χ2n) is 19.4. The molecule has 0 bridgehead atoms. The monoisotopic (exact) mass is 1040 g/mol. The third kappa shape index (κ3) is 41.2. The van der Waals surface area contributed by atoms with Gasteiger partial charge in [-0.2, -0.15) is 0 Å². The zero-order chi connectivity index (χ0) is 52.4. The Kier molecular flexibility index (Phi) is 40.5. The van der Waals surface area contributed by atoms with Gasteiger partial charge in [-0.3, -0.25) is 18.3 Å². The quantitative estimate of drug-likeness (QED) is 0.0201. The van der Waals surface area contributed by atoms with Crippen LogP contribution in [0.5, 0.6) is 0 Å². The lowest BCUT2D eigenvalue weighted by Gasteiger charge is -2.35. The molecular formula is C42H94N2O18P4. The molecule has 0 aromatic heterocycles. The van der Waals surface area contributed by atoms with Gasteiger partial charge in [-0.25, -0.2) is 0 Å². The number of likely N-dealkylation sites (N-methyl/N-ethyl adjacent to an activating group) is 2. The molecule has 0 aromatic carbocycles. The second kappa shape index (κ2) is 37.2. The van der Waals surface area contributed by atoms with Gasteiger partial charge in [0, 0.05) is 11.9 Å². The summed E-state index contributed by atoms with van der Waals surface area (Å²) in [5.41, 5.74) is 0. The van der Waals surface area contributed by atoms with Crippen LogP contribution in [0.3, 0.4) is 0 Å². The number of quaternary nitrogens is 2. The summed E-state index contributed by atoms with van der Waals surface area (Å²) in [5.74, 6) is -1.81. The maximum Gasteiger partial charge on any atom is 0.375 e. The van der Waals surface area contributed by atoms with Crippen molar-refractivity contribution in [2.24, 2.45) is 0 Å². The van der Waals surface area contributed by atoms with E-state index in [1.54, 1.807) is 0 Å². The molecule has 66 heavy (non-hydrogen) atoms. The van der Waals surface area contributed by atoms with Crippen LogP contribution in [0.15, 0.2) is 0 Å². The summed E-state index contributed by atoms with van der Waals surface area (Å²) in [6.07, 6.45) is 33.9. The average molecular weight is 1040 g/mol. The van der Waals surface area contributed by atoms with Crippen LogP contribution in [0.25, 0.3) is 0 Å². The number of carboxylic acids is 2. The van der Waals surface area contributed by atoms with Gasteiger partial charge in [0.2, 0.25) is 0 Å². The zero-order valence-electron chi connectivity index (χ0n) is 41.6. The van der Waals surface area contributed by atoms with Crippen LogP contribution in [0.4, 0.5) is 0 Å². The van der Waals surface area contributed by atoms with Crippen LogP contribution in [-0.2, 0) is 27.8 Å². The Morgan fingerprint density at radius 3 is 0.621 bits per heavy atom. The summed E-state index contributed by atoms with van der Waals surface area (Å²) >= 11 is 0. The van der Waals surface area contributed by atoms with Crippen molar-refractivity contribution in [1.29, 1.82) is 0 Å². The first kappa shape index (κ1) is 71.9. The Morgan fingerprint density at radius 2 is 0.515 bits per heavy atom. The van der Waals surface area contributed by atoms with Crippen molar-refractivity contribution in [2.75, 3.05) is 55.4 Å². The maximum absolute atomic E-state index is 10.9. The Labute approximate surface area is 396 Å². The van der Waals surface area contributed by atoms with Crippen molar-refractivity contribution >= 4 is 42.3 Å². The minimum Gasteiger partial charge on any atom is -0.550 e. The minimum absolute atomic E-state index is 0.202. The standard InChI is InChI=1S/2C16H32O2.2C5H15NO7P2/c2*1-2-3-4-5-6-7-8-9-10-11-12-13-14-15-16(17)18;2*1-6(2,3)4-5(7,14(8,9)10)15(11,12)13/h2*2-15H2,1H3,(H,17,18);2*7H,4H2,1-3H3,(H3-,8,9,10,11,12,13). The van der Waals surface area contributed by atoms with Crippen LogP contribution in [0, 0.1) is 0 Å². The Hall–Kier alpha value is -0.620. The molecule has 0 aromatic rings. The summed E-state index contributed by atoms with van der Waals surface area (Å²) in [6, 6.07) is 0. The number of carbonyl (C=O) groups excluding carboxylic acids is 2. The van der Waals surface area contributed by atoms with Gasteiger partial charge in [-0.05, 0) is 25.7 Å². The van der Waals surface area contributed by atoms with Crippen molar-refractivity contribution in [3.05, 3.63) is 0 Å². The van der Waals surface area contributed by atoms with Gasteiger partial charge in [-0.1, -0.05) is 168 Å². The molecule has 0 saturated carbocycles. The number of aliphatic carboxylic acids is 2. The maximum atomic E-state index is 10.9. The SMILES string of the molecule is CCCCCCCCCCCCCCCC(=O)[O-].CCCCCCCCCCCCCCCC(=O)[O-].C[N+](C)(C)CC(O)(P(=O)(O)O)P(=O)(O)O.C[N+](C)(C)CC(O)(P(=O)(O)O)P(=O)(O)O. The fourth-order valence-electron chi connectivity index (χ4n) is 6.55. The van der Waals surface area contributed by atoms with E-state index in [1.807, 2.05) is 0 Å². The smallest absolute Gasteiger partial charge is 0.375 e. The van der Waals surface area contributed by atoms with Crippen molar-refractivity contribution in [1.82, 2.24) is 0 Å². The first-order valence-corrected chi connectivity index (χ1v) is 30.1. The number of aliphatic hydroxyl groups is 2. The number of hydrogen-bond acceptors (Lipinski definition) is 10. The van der Waals surface area contributed by atoms with Crippen LogP contribution >= 0.6 is 30.4 Å². The van der Waals surface area contributed by atoms with E-state index in [4.69, 9.17) is 39.1 Å². The first-order chi connectivity index (χ1) is 30.0. The topological polar surface area (TPSA) is 351 Å². The van der Waals surface area contributed by atoms with Gasteiger partial charge in [0.15, 0.2) is 0 Å². The van der Waals surface area contributed by atoms with E-state index in [-0.39, 0.29) is 21.8 Å². The number of unbranched alkanes of at least 4 members (excludes halogenated alkanes) is 24. The van der Waals surface area contributed by atoms with Gasteiger partial charge in [0.05, 0.1) is 42.3 Å². The fraction of sp³-hybridized carbons (Fsp3) is 0.952. The molecule has 0 heterocycles. The predicted octanol–water partition coefficient (Wildman–Crippen LogP) is 5.82. The van der Waals surface area contributed by atoms with Crippen molar-refractivity contribution in [3.8, 4) is 0 Å². The third-order valence-electron chi connectivity index (χ3n) is 10.2. The Balaban J connectivity index is -0.000000390. The summed E-state index contributed by atoms with van der Waals surface area (Å²) in [6.45, 7) is 2.99. The molecule has 0 rings (SSSR count). The Bertz CT molecular complexity index is 1280. The molecule has 0 atom stereocenters. The molecule has 0 fully saturated rings. The molecule has 0 aliphatic carbocycles. The second-order valence-corrected chi connectivity index (χ2v) is 27.4. The lowest BCUT2D eigenvalue weighted by molar-refractivity contribution is -0.873. The van der Waals surface area contributed by atoms with Crippen molar-refractivity contribution < 1.29 is 96.4 Å². The molecule has 0 radical (unpaired) electrons. The molecule has 10 N–H and O–H groups in total. The summed E-state index contributed by atoms with van der Waals surface area (Å²) in [7, 11) is -12.7. The lowest BCUT2D eigenvalue weighted by atomic mass is 10.0. The molecular weight excluding hydrogens is 944 g/mol. The van der Waals surface area contributed by atoms with Gasteiger partial charge in [0.1, 0.15) is 13.1 Å². The highest BCUT2D eigenvalue weighted by molar-refractivity contribution is 7.72. The summed E-state index contributed by atoms with van der Waals surface area (Å²) in [4.78, 5) is 90.7. The van der Waals surface area contributed by atoms with Crippen LogP contribution < -0.4 is 10.2 Å². The highest BCUT2D eigenvalue weighted by Crippen LogP contribution is 2.68. The molecule has 0 saturated heterocycles. The van der Waals surface area contributed by atoms with Gasteiger partial charge in [-0.15, -0.1) is 0 Å². The highest BCUT2D eigenvalue weighted by atomic mass is 31.2.